The van der Waals surface area contributed by atoms with Crippen LogP contribution in [0.25, 0.3) is 5.78 Å². The summed E-state index contributed by atoms with van der Waals surface area (Å²) in [4.78, 5) is 65.1. The third-order valence-corrected chi connectivity index (χ3v) is 5.96. The van der Waals surface area contributed by atoms with Crippen LogP contribution in [0.1, 0.15) is 48.0 Å². The lowest BCUT2D eigenvalue weighted by Gasteiger charge is -2.18. The van der Waals surface area contributed by atoms with Gasteiger partial charge in [-0.25, -0.2) is 24.1 Å². The molecule has 14 heteroatoms. The Bertz CT molecular complexity index is 1720. The summed E-state index contributed by atoms with van der Waals surface area (Å²) in [6, 6.07) is 10.9. The maximum Gasteiger partial charge on any atom is 0.349 e. The number of carbonyl (C=O) groups is 4. The fourth-order valence-electron chi connectivity index (χ4n) is 4.06. The van der Waals surface area contributed by atoms with Crippen molar-refractivity contribution in [1.29, 1.82) is 0 Å². The third kappa shape index (κ3) is 5.16. The van der Waals surface area contributed by atoms with E-state index in [-0.39, 0.29) is 48.3 Å². The number of carboxylic acid groups (broad SMARTS) is 1. The van der Waals surface area contributed by atoms with Crippen molar-refractivity contribution in [1.82, 2.24) is 30.2 Å². The van der Waals surface area contributed by atoms with E-state index in [2.05, 4.69) is 31.1 Å². The van der Waals surface area contributed by atoms with Gasteiger partial charge in [0, 0.05) is 13.1 Å². The molecule has 3 heterocycles. The van der Waals surface area contributed by atoms with E-state index in [9.17, 15) is 29.1 Å². The molecule has 2 aromatic carbocycles. The van der Waals surface area contributed by atoms with Crippen molar-refractivity contribution in [2.45, 2.75) is 20.0 Å². The number of carbonyl (C=O) groups excluding carboxylic acids is 3. The SMILES string of the molecule is Cc1cc(CNC(=O)c2cc(C(=O)NCc3ccc4c(c3)NC(=O)CO4)nc3n[nH]c(=O)n23)ccc1C(=O)O. The van der Waals surface area contributed by atoms with Crippen LogP contribution in [0, 0.1) is 6.92 Å². The van der Waals surface area contributed by atoms with Gasteiger partial charge in [0.05, 0.1) is 11.3 Å². The maximum absolute atomic E-state index is 13.0. The first-order valence-corrected chi connectivity index (χ1v) is 11.6. The lowest BCUT2D eigenvalue weighted by atomic mass is 10.1. The van der Waals surface area contributed by atoms with Crippen molar-refractivity contribution >= 4 is 35.2 Å². The molecule has 5 N–H and O–H groups in total. The van der Waals surface area contributed by atoms with Crippen molar-refractivity contribution in [3.8, 4) is 5.75 Å². The summed E-state index contributed by atoms with van der Waals surface area (Å²) in [5.74, 6) is -2.30. The van der Waals surface area contributed by atoms with Crippen LogP contribution in [0.5, 0.6) is 5.75 Å². The molecule has 0 spiro atoms. The number of carboxylic acids is 1. The highest BCUT2D eigenvalue weighted by atomic mass is 16.5. The Morgan fingerprint density at radius 1 is 1.03 bits per heavy atom. The number of hydrogen-bond acceptors (Lipinski definition) is 8. The molecule has 198 valence electrons. The minimum Gasteiger partial charge on any atom is -0.482 e. The Hall–Kier alpha value is -5.53. The first-order valence-electron chi connectivity index (χ1n) is 11.6. The monoisotopic (exact) mass is 531 g/mol. The first kappa shape index (κ1) is 25.1. The Morgan fingerprint density at radius 3 is 2.49 bits per heavy atom. The number of aromatic nitrogens is 4. The fraction of sp³-hybridized carbons (Fsp3) is 0.160. The van der Waals surface area contributed by atoms with E-state index in [1.807, 2.05) is 0 Å². The predicted molar refractivity (Wildman–Crippen MR) is 135 cm³/mol. The number of anilines is 1. The highest BCUT2D eigenvalue weighted by Crippen LogP contribution is 2.28. The number of ether oxygens (including phenoxy) is 1. The lowest BCUT2D eigenvalue weighted by Crippen LogP contribution is -2.30. The van der Waals surface area contributed by atoms with Gasteiger partial charge < -0.3 is 25.8 Å². The van der Waals surface area contributed by atoms with Crippen LogP contribution < -0.4 is 26.4 Å². The molecule has 5 rings (SSSR count). The summed E-state index contributed by atoms with van der Waals surface area (Å²) in [6.07, 6.45) is 0. The van der Waals surface area contributed by atoms with E-state index in [1.54, 1.807) is 37.3 Å². The number of H-pyrrole nitrogens is 1. The number of hydrogen-bond donors (Lipinski definition) is 5. The first-order chi connectivity index (χ1) is 18.7. The molecule has 1 aliphatic rings. The van der Waals surface area contributed by atoms with Gasteiger partial charge in [0.2, 0.25) is 0 Å². The van der Waals surface area contributed by atoms with E-state index in [0.29, 0.717) is 28.1 Å². The van der Waals surface area contributed by atoms with E-state index in [4.69, 9.17) is 4.74 Å². The second kappa shape index (κ2) is 10.1. The molecular formula is C25H21N7O7. The van der Waals surface area contributed by atoms with Crippen molar-refractivity contribution in [3.63, 3.8) is 0 Å². The molecular weight excluding hydrogens is 510 g/mol. The fourth-order valence-corrected chi connectivity index (χ4v) is 4.06. The number of amides is 3. The van der Waals surface area contributed by atoms with Crippen LogP contribution in [0.4, 0.5) is 5.69 Å². The summed E-state index contributed by atoms with van der Waals surface area (Å²) < 4.78 is 6.27. The summed E-state index contributed by atoms with van der Waals surface area (Å²) in [6.45, 7) is 1.69. The Morgan fingerprint density at radius 2 is 1.74 bits per heavy atom. The van der Waals surface area contributed by atoms with Gasteiger partial charge in [-0.2, -0.15) is 0 Å². The number of aromatic amines is 1. The highest BCUT2D eigenvalue weighted by Gasteiger charge is 2.20. The number of aryl methyl sites for hydroxylation is 1. The Labute approximate surface area is 219 Å². The number of benzene rings is 2. The van der Waals surface area contributed by atoms with Gasteiger partial charge in [0.25, 0.3) is 23.5 Å². The number of rotatable bonds is 7. The smallest absolute Gasteiger partial charge is 0.349 e. The molecule has 3 amide bonds. The van der Waals surface area contributed by atoms with Gasteiger partial charge in [-0.05, 0) is 47.9 Å². The molecule has 2 aromatic heterocycles. The van der Waals surface area contributed by atoms with Gasteiger partial charge in [-0.1, -0.05) is 18.2 Å². The molecule has 39 heavy (non-hydrogen) atoms. The van der Waals surface area contributed by atoms with E-state index < -0.39 is 23.5 Å². The second-order valence-corrected chi connectivity index (χ2v) is 8.68. The molecule has 14 nitrogen and oxygen atoms in total. The third-order valence-electron chi connectivity index (χ3n) is 5.96. The normalized spacial score (nSPS) is 12.3. The average Bonchev–Trinajstić information content (AvgIpc) is 3.29. The molecule has 0 saturated heterocycles. The van der Waals surface area contributed by atoms with Crippen molar-refractivity contribution in [3.05, 3.63) is 86.6 Å². The minimum absolute atomic E-state index is 0.0378. The molecule has 1 aliphatic heterocycles. The van der Waals surface area contributed by atoms with Gasteiger partial charge in [-0.3, -0.25) is 14.4 Å². The summed E-state index contributed by atoms with van der Waals surface area (Å²) in [5, 5.41) is 23.2. The number of nitrogens with one attached hydrogen (secondary N) is 4. The zero-order valence-electron chi connectivity index (χ0n) is 20.4. The van der Waals surface area contributed by atoms with E-state index >= 15 is 0 Å². The van der Waals surface area contributed by atoms with E-state index in [1.165, 1.54) is 12.1 Å². The van der Waals surface area contributed by atoms with Crippen LogP contribution in [-0.4, -0.2) is 55.0 Å². The van der Waals surface area contributed by atoms with Gasteiger partial charge in [0.1, 0.15) is 17.1 Å². The maximum atomic E-state index is 13.0. The van der Waals surface area contributed by atoms with E-state index in [0.717, 1.165) is 4.40 Å². The van der Waals surface area contributed by atoms with Crippen LogP contribution in [0.2, 0.25) is 0 Å². The van der Waals surface area contributed by atoms with Gasteiger partial charge in [-0.15, -0.1) is 5.10 Å². The van der Waals surface area contributed by atoms with Crippen molar-refractivity contribution in [2.24, 2.45) is 0 Å². The average molecular weight is 531 g/mol. The van der Waals surface area contributed by atoms with Crippen LogP contribution >= 0.6 is 0 Å². The van der Waals surface area contributed by atoms with Gasteiger partial charge in [0.15, 0.2) is 6.61 Å². The van der Waals surface area contributed by atoms with Crippen LogP contribution in [0.3, 0.4) is 0 Å². The predicted octanol–water partition coefficient (Wildman–Crippen LogP) is 0.615. The topological polar surface area (TPSA) is 197 Å². The lowest BCUT2D eigenvalue weighted by molar-refractivity contribution is -0.118. The van der Waals surface area contributed by atoms with Crippen LogP contribution in [-0.2, 0) is 17.9 Å². The number of aromatic carboxylic acids is 1. The molecule has 0 bridgehead atoms. The largest absolute Gasteiger partial charge is 0.482 e. The zero-order chi connectivity index (χ0) is 27.7. The standard InChI is InChI=1S/C25H21N7O7/c1-12-6-13(2-4-15(12)23(36)37)9-27-22(35)18-8-17(29-24-30-31-25(38)32(18)24)21(34)26-10-14-3-5-19-16(7-14)28-20(33)11-39-19/h2-8H,9-11H2,1H3,(H,26,34)(H,27,35)(H,28,33)(H,31,38)(H,36,37). The second-order valence-electron chi connectivity index (χ2n) is 8.68. The molecule has 0 unspecified atom stereocenters. The molecule has 0 radical (unpaired) electrons. The molecule has 0 saturated carbocycles. The molecule has 0 aliphatic carbocycles. The minimum atomic E-state index is -1.06. The highest BCUT2D eigenvalue weighted by molar-refractivity contribution is 5.98. The number of nitrogens with zero attached hydrogens (tertiary/aromatic N) is 3. The quantitative estimate of drug-likeness (QED) is 0.227. The summed E-state index contributed by atoms with van der Waals surface area (Å²) in [7, 11) is 0. The Kier molecular flexibility index (Phi) is 6.50. The molecule has 4 aromatic rings. The molecule has 0 fully saturated rings. The zero-order valence-corrected chi connectivity index (χ0v) is 20.4. The number of fused-ring (bicyclic) bond motifs is 2. The Balaban J connectivity index is 1.33. The van der Waals surface area contributed by atoms with Crippen molar-refractivity contribution in [2.75, 3.05) is 11.9 Å². The van der Waals surface area contributed by atoms with Crippen LogP contribution in [0.15, 0.2) is 47.3 Å². The van der Waals surface area contributed by atoms with Gasteiger partial charge >= 0.3 is 11.7 Å². The summed E-state index contributed by atoms with van der Waals surface area (Å²) in [5.41, 5.74) is 1.44. The molecule has 0 atom stereocenters. The summed E-state index contributed by atoms with van der Waals surface area (Å²) >= 11 is 0. The van der Waals surface area contributed by atoms with Crippen molar-refractivity contribution < 1.29 is 29.0 Å².